The highest BCUT2D eigenvalue weighted by Crippen LogP contribution is 2.17. The first-order valence-electron chi connectivity index (χ1n) is 5.46. The van der Waals surface area contributed by atoms with Gasteiger partial charge in [0.25, 0.3) is 0 Å². The summed E-state index contributed by atoms with van der Waals surface area (Å²) in [6.45, 7) is 1.75. The summed E-state index contributed by atoms with van der Waals surface area (Å²) in [7, 11) is 1.40. The van der Waals surface area contributed by atoms with Crippen LogP contribution in [0.25, 0.3) is 0 Å². The molecule has 1 aromatic carbocycles. The molecule has 2 N–H and O–H groups in total. The van der Waals surface area contributed by atoms with Gasteiger partial charge in [-0.3, -0.25) is 0 Å². The molecule has 1 aliphatic heterocycles. The highest BCUT2D eigenvalue weighted by Gasteiger charge is 2.38. The number of ether oxygens (including phenoxy) is 1. The number of aliphatic carboxylic acids is 1. The van der Waals surface area contributed by atoms with Gasteiger partial charge in [-0.15, -0.1) is 0 Å². The predicted octanol–water partition coefficient (Wildman–Crippen LogP) is 1.71. The van der Waals surface area contributed by atoms with E-state index in [0.717, 1.165) is 13.1 Å². The number of hydrogen-bond donors (Lipinski definition) is 2. The van der Waals surface area contributed by atoms with E-state index in [2.05, 4.69) is 10.1 Å². The van der Waals surface area contributed by atoms with Crippen molar-refractivity contribution in [2.75, 3.05) is 7.11 Å². The number of hydrogen-bond acceptors (Lipinski definition) is 4. The molecular formula is C12H12F3NO4. The van der Waals surface area contributed by atoms with E-state index in [0.29, 0.717) is 5.56 Å². The summed E-state index contributed by atoms with van der Waals surface area (Å²) in [6, 6.07) is 5.67. The lowest BCUT2D eigenvalue weighted by Crippen LogP contribution is -2.21. The van der Waals surface area contributed by atoms with Crippen LogP contribution in [-0.4, -0.2) is 30.3 Å². The van der Waals surface area contributed by atoms with Crippen molar-refractivity contribution >= 4 is 11.9 Å². The maximum absolute atomic E-state index is 11.2. The lowest BCUT2D eigenvalue weighted by molar-refractivity contribution is -0.192. The van der Waals surface area contributed by atoms with Gasteiger partial charge in [-0.25, -0.2) is 9.59 Å². The third-order valence-corrected chi connectivity index (χ3v) is 2.50. The lowest BCUT2D eigenvalue weighted by Gasteiger charge is -2.01. The van der Waals surface area contributed by atoms with Gasteiger partial charge in [0.15, 0.2) is 0 Å². The third kappa shape index (κ3) is 4.23. The molecule has 0 spiro atoms. The molecule has 0 aromatic heterocycles. The zero-order chi connectivity index (χ0) is 15.3. The third-order valence-electron chi connectivity index (χ3n) is 2.50. The number of nitrogens with one attached hydrogen (secondary N) is 1. The Morgan fingerprint density at radius 3 is 2.30 bits per heavy atom. The Balaban J connectivity index is 0.000000246. The average molecular weight is 291 g/mol. The summed E-state index contributed by atoms with van der Waals surface area (Å²) < 4.78 is 36.4. The molecule has 1 aromatic rings. The van der Waals surface area contributed by atoms with Crippen molar-refractivity contribution in [2.24, 2.45) is 0 Å². The Morgan fingerprint density at radius 1 is 1.25 bits per heavy atom. The van der Waals surface area contributed by atoms with Gasteiger partial charge in [-0.2, -0.15) is 13.2 Å². The quantitative estimate of drug-likeness (QED) is 0.770. The van der Waals surface area contributed by atoms with Crippen LogP contribution in [0.3, 0.4) is 0 Å². The van der Waals surface area contributed by atoms with Crippen molar-refractivity contribution < 1.29 is 32.6 Å². The first kappa shape index (κ1) is 16.0. The van der Waals surface area contributed by atoms with E-state index < -0.39 is 12.1 Å². The summed E-state index contributed by atoms with van der Waals surface area (Å²) in [5.41, 5.74) is 3.10. The highest BCUT2D eigenvalue weighted by molar-refractivity contribution is 5.89. The molecule has 0 amide bonds. The maximum atomic E-state index is 11.2. The smallest absolute Gasteiger partial charge is 0.475 e. The molecule has 0 saturated heterocycles. The summed E-state index contributed by atoms with van der Waals surface area (Å²) in [6.07, 6.45) is -5.08. The van der Waals surface area contributed by atoms with E-state index in [-0.39, 0.29) is 5.97 Å². The summed E-state index contributed by atoms with van der Waals surface area (Å²) in [4.78, 5) is 20.1. The Morgan fingerprint density at radius 2 is 1.80 bits per heavy atom. The molecule has 20 heavy (non-hydrogen) atoms. The Labute approximate surface area is 112 Å². The number of carboxylic acids is 1. The second-order valence-corrected chi connectivity index (χ2v) is 3.88. The van der Waals surface area contributed by atoms with Crippen LogP contribution in [0.4, 0.5) is 13.2 Å². The number of benzene rings is 1. The number of alkyl halides is 3. The van der Waals surface area contributed by atoms with Gasteiger partial charge in [-0.05, 0) is 23.3 Å². The average Bonchev–Trinajstić information content (AvgIpc) is 2.84. The van der Waals surface area contributed by atoms with Crippen molar-refractivity contribution in [3.8, 4) is 0 Å². The standard InChI is InChI=1S/C10H11NO2.C2HF3O2/c1-13-10(12)7-2-3-8-5-11-6-9(8)4-7;3-2(4,5)1(6)7/h2-4,11H,5-6H2,1H3;(H,6,7). The molecule has 0 aliphatic carbocycles. The zero-order valence-corrected chi connectivity index (χ0v) is 10.5. The number of esters is 1. The van der Waals surface area contributed by atoms with Crippen LogP contribution in [-0.2, 0) is 22.6 Å². The molecule has 0 unspecified atom stereocenters. The van der Waals surface area contributed by atoms with E-state index in [1.807, 2.05) is 12.1 Å². The second-order valence-electron chi connectivity index (χ2n) is 3.88. The van der Waals surface area contributed by atoms with Gasteiger partial charge < -0.3 is 15.2 Å². The summed E-state index contributed by atoms with van der Waals surface area (Å²) >= 11 is 0. The van der Waals surface area contributed by atoms with Crippen LogP contribution >= 0.6 is 0 Å². The van der Waals surface area contributed by atoms with Gasteiger partial charge in [0.2, 0.25) is 0 Å². The van der Waals surface area contributed by atoms with Crippen LogP contribution in [0, 0.1) is 0 Å². The molecule has 0 saturated carbocycles. The topological polar surface area (TPSA) is 75.6 Å². The molecule has 5 nitrogen and oxygen atoms in total. The van der Waals surface area contributed by atoms with E-state index >= 15 is 0 Å². The monoisotopic (exact) mass is 291 g/mol. The van der Waals surface area contributed by atoms with E-state index in [1.165, 1.54) is 18.2 Å². The van der Waals surface area contributed by atoms with E-state index in [1.54, 1.807) is 6.07 Å². The van der Waals surface area contributed by atoms with Gasteiger partial charge in [0.1, 0.15) is 0 Å². The number of methoxy groups -OCH3 is 1. The Kier molecular flexibility index (Phi) is 5.09. The van der Waals surface area contributed by atoms with Crippen molar-refractivity contribution in [3.05, 3.63) is 34.9 Å². The molecule has 0 atom stereocenters. The SMILES string of the molecule is COC(=O)c1ccc2c(c1)CNC2.O=C(O)C(F)(F)F. The number of halogens is 3. The molecule has 110 valence electrons. The predicted molar refractivity (Wildman–Crippen MR) is 62.0 cm³/mol. The first-order valence-corrected chi connectivity index (χ1v) is 5.46. The molecule has 1 heterocycles. The van der Waals surface area contributed by atoms with E-state index in [4.69, 9.17) is 9.90 Å². The first-order chi connectivity index (χ1) is 9.25. The van der Waals surface area contributed by atoms with Gasteiger partial charge in [-0.1, -0.05) is 6.07 Å². The van der Waals surface area contributed by atoms with Gasteiger partial charge in [0, 0.05) is 13.1 Å². The fourth-order valence-electron chi connectivity index (χ4n) is 1.54. The largest absolute Gasteiger partial charge is 0.490 e. The van der Waals surface area contributed by atoms with Crippen LogP contribution < -0.4 is 5.32 Å². The summed E-state index contributed by atoms with van der Waals surface area (Å²) in [5.74, 6) is -3.03. The van der Waals surface area contributed by atoms with Gasteiger partial charge in [0.05, 0.1) is 12.7 Å². The minimum Gasteiger partial charge on any atom is -0.475 e. The zero-order valence-electron chi connectivity index (χ0n) is 10.5. The molecular weight excluding hydrogens is 279 g/mol. The second kappa shape index (κ2) is 6.38. The molecule has 2 rings (SSSR count). The van der Waals surface area contributed by atoms with Crippen molar-refractivity contribution in [3.63, 3.8) is 0 Å². The molecule has 1 aliphatic rings. The van der Waals surface area contributed by atoms with Gasteiger partial charge >= 0.3 is 18.1 Å². The fraction of sp³-hybridized carbons (Fsp3) is 0.333. The molecule has 8 heteroatoms. The fourth-order valence-corrected chi connectivity index (χ4v) is 1.54. The highest BCUT2D eigenvalue weighted by atomic mass is 19.4. The number of carboxylic acid groups (broad SMARTS) is 1. The Hall–Kier alpha value is -2.09. The molecule has 0 fully saturated rings. The van der Waals surface area contributed by atoms with Crippen LogP contribution in [0.15, 0.2) is 18.2 Å². The van der Waals surface area contributed by atoms with E-state index in [9.17, 15) is 18.0 Å². The van der Waals surface area contributed by atoms with Crippen LogP contribution in [0.2, 0.25) is 0 Å². The number of carbonyl (C=O) groups excluding carboxylic acids is 1. The lowest BCUT2D eigenvalue weighted by atomic mass is 10.1. The maximum Gasteiger partial charge on any atom is 0.490 e. The normalized spacial score (nSPS) is 13.0. The van der Waals surface area contributed by atoms with Crippen molar-refractivity contribution in [2.45, 2.75) is 19.3 Å². The summed E-state index contributed by atoms with van der Waals surface area (Å²) in [5, 5.41) is 10.3. The minimum absolute atomic E-state index is 0.269. The minimum atomic E-state index is -5.08. The molecule has 0 radical (unpaired) electrons. The van der Waals surface area contributed by atoms with Crippen molar-refractivity contribution in [1.29, 1.82) is 0 Å². The van der Waals surface area contributed by atoms with Crippen LogP contribution in [0.1, 0.15) is 21.5 Å². The molecule has 0 bridgehead atoms. The number of fused-ring (bicyclic) bond motifs is 1. The number of rotatable bonds is 1. The van der Waals surface area contributed by atoms with Crippen molar-refractivity contribution in [1.82, 2.24) is 5.32 Å². The Bertz CT molecular complexity index is 514. The number of carbonyl (C=O) groups is 2. The van der Waals surface area contributed by atoms with Crippen LogP contribution in [0.5, 0.6) is 0 Å².